The summed E-state index contributed by atoms with van der Waals surface area (Å²) in [5, 5.41) is 12.5. The fraction of sp³-hybridized carbons (Fsp3) is 0.621. The summed E-state index contributed by atoms with van der Waals surface area (Å²) in [5.74, 6) is 2.27. The molecule has 204 valence electrons. The Labute approximate surface area is 231 Å². The topological polar surface area (TPSA) is 82.5 Å². The van der Waals surface area contributed by atoms with Crippen LogP contribution < -0.4 is 10.2 Å². The van der Waals surface area contributed by atoms with Crippen LogP contribution in [0.5, 0.6) is 0 Å². The zero-order valence-electron chi connectivity index (χ0n) is 21.8. The minimum atomic E-state index is -0.809. The van der Waals surface area contributed by atoms with Gasteiger partial charge in [0.25, 0.3) is 0 Å². The van der Waals surface area contributed by atoms with Crippen LogP contribution in [0.2, 0.25) is 0 Å². The average molecular weight is 558 g/mol. The molecule has 38 heavy (non-hydrogen) atoms. The van der Waals surface area contributed by atoms with Gasteiger partial charge in [0.2, 0.25) is 5.91 Å². The van der Waals surface area contributed by atoms with Crippen molar-refractivity contribution >= 4 is 45.8 Å². The third-order valence-corrected chi connectivity index (χ3v) is 12.1. The van der Waals surface area contributed by atoms with Crippen LogP contribution in [0.1, 0.15) is 58.3 Å². The van der Waals surface area contributed by atoms with Gasteiger partial charge in [0.15, 0.2) is 5.13 Å². The SMILES string of the molecule is CC1CCC2(CC1)C1C(C3CCN(c4ccccc4F)CC3)C12CC(=O)Nc1ncc(SCCC(=O)O)s1. The first-order valence-electron chi connectivity index (χ1n) is 13.9. The van der Waals surface area contributed by atoms with Crippen molar-refractivity contribution in [2.45, 2.75) is 62.5 Å². The van der Waals surface area contributed by atoms with Crippen molar-refractivity contribution in [2.24, 2.45) is 34.5 Å². The lowest BCUT2D eigenvalue weighted by Gasteiger charge is -2.42. The monoisotopic (exact) mass is 557 g/mol. The Morgan fingerprint density at radius 1 is 1.21 bits per heavy atom. The van der Waals surface area contributed by atoms with Crippen LogP contribution in [-0.2, 0) is 9.59 Å². The van der Waals surface area contributed by atoms with E-state index < -0.39 is 5.97 Å². The standard InChI is InChI=1S/C29H36FN3O3S2/c1-18-6-11-28(12-7-18)26-25(19-8-13-33(14-9-19)21-5-3-2-4-20(21)30)29(26,28)16-22(34)32-27-31-17-24(38-27)37-15-10-23(35)36/h2-5,17-19,25-26H,6-16H2,1H3,(H,35,36)(H,31,32,34). The highest BCUT2D eigenvalue weighted by atomic mass is 32.2. The van der Waals surface area contributed by atoms with Crippen molar-refractivity contribution in [2.75, 3.05) is 29.1 Å². The van der Waals surface area contributed by atoms with Crippen LogP contribution in [0, 0.1) is 40.3 Å². The van der Waals surface area contributed by atoms with Gasteiger partial charge in [0.1, 0.15) is 5.82 Å². The van der Waals surface area contributed by atoms with E-state index in [-0.39, 0.29) is 23.6 Å². The van der Waals surface area contributed by atoms with E-state index in [1.165, 1.54) is 48.8 Å². The first-order chi connectivity index (χ1) is 18.3. The first-order valence-corrected chi connectivity index (χ1v) is 15.7. The number of thioether (sulfide) groups is 1. The third-order valence-electron chi connectivity index (χ3n) is 9.99. The maximum Gasteiger partial charge on any atom is 0.304 e. The average Bonchev–Trinajstić information content (AvgIpc) is 3.63. The highest BCUT2D eigenvalue weighted by Gasteiger charge is 2.94. The number of carboxylic acid groups (broad SMARTS) is 1. The zero-order chi connectivity index (χ0) is 26.5. The number of piperidine rings is 1. The number of rotatable bonds is 9. The second kappa shape index (κ2) is 10.1. The third kappa shape index (κ3) is 4.53. The van der Waals surface area contributed by atoms with Gasteiger partial charge in [0, 0.05) is 25.3 Å². The van der Waals surface area contributed by atoms with E-state index in [2.05, 4.69) is 22.1 Å². The Hall–Kier alpha value is -2.13. The summed E-state index contributed by atoms with van der Waals surface area (Å²) in [4.78, 5) is 30.6. The largest absolute Gasteiger partial charge is 0.481 e. The van der Waals surface area contributed by atoms with E-state index in [4.69, 9.17) is 5.11 Å². The van der Waals surface area contributed by atoms with E-state index in [1.807, 2.05) is 12.1 Å². The molecule has 6 nitrogen and oxygen atoms in total. The zero-order valence-corrected chi connectivity index (χ0v) is 23.5. The van der Waals surface area contributed by atoms with E-state index in [0.29, 0.717) is 46.2 Å². The molecule has 1 saturated heterocycles. The van der Waals surface area contributed by atoms with E-state index >= 15 is 0 Å². The summed E-state index contributed by atoms with van der Waals surface area (Å²) in [6, 6.07) is 7.07. The Morgan fingerprint density at radius 2 is 1.95 bits per heavy atom. The van der Waals surface area contributed by atoms with Gasteiger partial charge in [-0.1, -0.05) is 43.2 Å². The Morgan fingerprint density at radius 3 is 2.66 bits per heavy atom. The summed E-state index contributed by atoms with van der Waals surface area (Å²) in [6.07, 6.45) is 9.56. The highest BCUT2D eigenvalue weighted by molar-refractivity contribution is 8.01. The predicted octanol–water partition coefficient (Wildman–Crippen LogP) is 6.54. The molecule has 1 aromatic carbocycles. The number of hydrogen-bond donors (Lipinski definition) is 2. The van der Waals surface area contributed by atoms with Crippen molar-refractivity contribution in [1.82, 2.24) is 4.98 Å². The molecule has 3 saturated carbocycles. The molecule has 4 fully saturated rings. The number of carbonyl (C=O) groups excluding carboxylic acids is 1. The van der Waals surface area contributed by atoms with Gasteiger partial charge in [0.05, 0.1) is 22.5 Å². The molecular weight excluding hydrogens is 521 g/mol. The van der Waals surface area contributed by atoms with Gasteiger partial charge in [-0.2, -0.15) is 0 Å². The Balaban J connectivity index is 1.09. The smallest absolute Gasteiger partial charge is 0.304 e. The van der Waals surface area contributed by atoms with Crippen LogP contribution in [-0.4, -0.2) is 40.8 Å². The van der Waals surface area contributed by atoms with E-state index in [0.717, 1.165) is 36.1 Å². The van der Waals surface area contributed by atoms with Crippen LogP contribution in [0.4, 0.5) is 15.2 Å². The van der Waals surface area contributed by atoms with Crippen molar-refractivity contribution in [3.05, 3.63) is 36.3 Å². The molecule has 9 heteroatoms. The van der Waals surface area contributed by atoms with Crippen molar-refractivity contribution < 1.29 is 19.1 Å². The lowest BCUT2D eigenvalue weighted by molar-refractivity contribution is -0.136. The fourth-order valence-corrected chi connectivity index (χ4v) is 10.1. The Kier molecular flexibility index (Phi) is 6.95. The molecule has 3 aliphatic carbocycles. The van der Waals surface area contributed by atoms with Crippen LogP contribution in [0.15, 0.2) is 34.7 Å². The minimum Gasteiger partial charge on any atom is -0.481 e. The number of aromatic nitrogens is 1. The number of para-hydroxylation sites is 1. The number of nitrogens with one attached hydrogen (secondary N) is 1. The molecule has 0 radical (unpaired) electrons. The van der Waals surface area contributed by atoms with Crippen LogP contribution in [0.25, 0.3) is 0 Å². The molecule has 2 aromatic rings. The summed E-state index contributed by atoms with van der Waals surface area (Å²) in [5.41, 5.74) is 1.20. The minimum absolute atomic E-state index is 0.0632. The number of benzene rings is 1. The molecule has 0 bridgehead atoms. The highest BCUT2D eigenvalue weighted by Crippen LogP contribution is 2.97. The number of amides is 1. The number of thiazole rings is 1. The molecule has 2 N–H and O–H groups in total. The summed E-state index contributed by atoms with van der Waals surface area (Å²) in [6.45, 7) is 4.11. The molecule has 6 rings (SSSR count). The summed E-state index contributed by atoms with van der Waals surface area (Å²) >= 11 is 2.88. The molecule has 3 unspecified atom stereocenters. The number of anilines is 2. The van der Waals surface area contributed by atoms with Gasteiger partial charge in [-0.3, -0.25) is 9.59 Å². The fourth-order valence-electron chi connectivity index (χ4n) is 8.19. The van der Waals surface area contributed by atoms with Crippen molar-refractivity contribution in [1.29, 1.82) is 0 Å². The van der Waals surface area contributed by atoms with Gasteiger partial charge in [-0.25, -0.2) is 9.37 Å². The lowest BCUT2D eigenvalue weighted by atomic mass is 9.65. The Bertz CT molecular complexity index is 1210. The van der Waals surface area contributed by atoms with Crippen LogP contribution in [0.3, 0.4) is 0 Å². The maximum atomic E-state index is 14.3. The lowest BCUT2D eigenvalue weighted by Crippen LogP contribution is -2.39. The maximum absolute atomic E-state index is 14.3. The van der Waals surface area contributed by atoms with E-state index in [9.17, 15) is 14.0 Å². The molecule has 1 amide bonds. The number of aliphatic carboxylic acids is 1. The summed E-state index contributed by atoms with van der Waals surface area (Å²) in [7, 11) is 0. The molecule has 3 atom stereocenters. The van der Waals surface area contributed by atoms with Gasteiger partial charge in [-0.05, 0) is 72.3 Å². The van der Waals surface area contributed by atoms with Crippen molar-refractivity contribution in [3.8, 4) is 0 Å². The molecule has 2 heterocycles. The normalized spacial score (nSPS) is 32.2. The number of fused-ring (bicyclic) bond motifs is 3. The van der Waals surface area contributed by atoms with E-state index in [1.54, 1.807) is 18.3 Å². The van der Waals surface area contributed by atoms with Crippen molar-refractivity contribution in [3.63, 3.8) is 0 Å². The molecule has 1 aromatic heterocycles. The number of halogens is 1. The van der Waals surface area contributed by atoms with Gasteiger partial charge >= 0.3 is 5.97 Å². The summed E-state index contributed by atoms with van der Waals surface area (Å²) < 4.78 is 15.3. The van der Waals surface area contributed by atoms with Crippen LogP contribution >= 0.6 is 23.1 Å². The molecule has 1 aliphatic heterocycles. The first kappa shape index (κ1) is 26.1. The second-order valence-corrected chi connectivity index (χ2v) is 14.3. The quantitative estimate of drug-likeness (QED) is 0.341. The molecule has 1 spiro atoms. The number of hydrogen-bond acceptors (Lipinski definition) is 6. The second-order valence-electron chi connectivity index (χ2n) is 11.9. The number of nitrogens with zero attached hydrogens (tertiary/aromatic N) is 2. The number of carbonyl (C=O) groups is 2. The number of carboxylic acids is 1. The van der Waals surface area contributed by atoms with Gasteiger partial charge < -0.3 is 15.3 Å². The van der Waals surface area contributed by atoms with Gasteiger partial charge in [-0.15, -0.1) is 11.8 Å². The molecular formula is C29H36FN3O3S2. The molecule has 4 aliphatic rings. The predicted molar refractivity (Wildman–Crippen MR) is 149 cm³/mol.